The maximum absolute atomic E-state index is 11.9. The highest BCUT2D eigenvalue weighted by molar-refractivity contribution is 7.99. The molecule has 2 rings (SSSR count). The van der Waals surface area contributed by atoms with Gasteiger partial charge in [-0.25, -0.2) is 0 Å². The van der Waals surface area contributed by atoms with Gasteiger partial charge in [-0.15, -0.1) is 0 Å². The zero-order chi connectivity index (χ0) is 21.9. The van der Waals surface area contributed by atoms with Crippen LogP contribution in [0.25, 0.3) is 0 Å². The SMILES string of the molecule is COc1cccc(C(COc2ccc(CC(SC)C(=O)NC=O)cc2)OC(C)=O)c1. The number of methoxy groups -OCH3 is 1. The molecule has 2 unspecified atom stereocenters. The number of hydrogen-bond donors (Lipinski definition) is 1. The Morgan fingerprint density at radius 1 is 1.13 bits per heavy atom. The van der Waals surface area contributed by atoms with E-state index in [4.69, 9.17) is 14.2 Å². The number of ether oxygens (including phenoxy) is 3. The van der Waals surface area contributed by atoms with Crippen molar-refractivity contribution in [3.05, 3.63) is 59.7 Å². The third kappa shape index (κ3) is 7.11. The molecule has 0 fully saturated rings. The van der Waals surface area contributed by atoms with Crippen molar-refractivity contribution in [2.45, 2.75) is 24.7 Å². The van der Waals surface area contributed by atoms with E-state index in [0.29, 0.717) is 24.3 Å². The number of amides is 2. The quantitative estimate of drug-likeness (QED) is 0.432. The molecule has 2 aromatic rings. The van der Waals surface area contributed by atoms with Gasteiger partial charge in [-0.05, 0) is 48.1 Å². The molecule has 0 aromatic heterocycles. The average molecular weight is 432 g/mol. The second-order valence-electron chi connectivity index (χ2n) is 6.38. The maximum atomic E-state index is 11.9. The Kier molecular flexibility index (Phi) is 9.21. The summed E-state index contributed by atoms with van der Waals surface area (Å²) < 4.78 is 16.5. The van der Waals surface area contributed by atoms with Crippen LogP contribution in [0.5, 0.6) is 11.5 Å². The van der Waals surface area contributed by atoms with Gasteiger partial charge in [0, 0.05) is 6.92 Å². The molecule has 2 atom stereocenters. The summed E-state index contributed by atoms with van der Waals surface area (Å²) in [4.78, 5) is 33.8. The lowest BCUT2D eigenvalue weighted by Crippen LogP contribution is -2.32. The van der Waals surface area contributed by atoms with Crippen molar-refractivity contribution in [1.29, 1.82) is 0 Å². The van der Waals surface area contributed by atoms with Gasteiger partial charge in [-0.2, -0.15) is 11.8 Å². The first-order valence-electron chi connectivity index (χ1n) is 9.26. The maximum Gasteiger partial charge on any atom is 0.303 e. The number of carbonyl (C=O) groups excluding carboxylic acids is 3. The van der Waals surface area contributed by atoms with Crippen molar-refractivity contribution < 1.29 is 28.6 Å². The van der Waals surface area contributed by atoms with Crippen LogP contribution < -0.4 is 14.8 Å². The molecule has 2 aromatic carbocycles. The predicted octanol–water partition coefficient (Wildman–Crippen LogP) is 2.93. The first-order valence-corrected chi connectivity index (χ1v) is 10.5. The Morgan fingerprint density at radius 2 is 1.87 bits per heavy atom. The number of imide groups is 1. The minimum absolute atomic E-state index is 0.140. The van der Waals surface area contributed by atoms with Crippen LogP contribution in [-0.2, 0) is 25.5 Å². The topological polar surface area (TPSA) is 90.9 Å². The minimum atomic E-state index is -0.579. The summed E-state index contributed by atoms with van der Waals surface area (Å²) in [6.45, 7) is 1.49. The van der Waals surface area contributed by atoms with Crippen LogP contribution in [-0.4, -0.2) is 43.5 Å². The fourth-order valence-corrected chi connectivity index (χ4v) is 3.42. The molecule has 160 valence electrons. The van der Waals surface area contributed by atoms with E-state index in [9.17, 15) is 14.4 Å². The molecule has 30 heavy (non-hydrogen) atoms. The highest BCUT2D eigenvalue weighted by Gasteiger charge is 2.18. The fourth-order valence-electron chi connectivity index (χ4n) is 2.78. The van der Waals surface area contributed by atoms with Gasteiger partial charge < -0.3 is 14.2 Å². The highest BCUT2D eigenvalue weighted by atomic mass is 32.2. The average Bonchev–Trinajstić information content (AvgIpc) is 2.75. The van der Waals surface area contributed by atoms with Crippen LogP contribution in [0.1, 0.15) is 24.2 Å². The zero-order valence-corrected chi connectivity index (χ0v) is 17.9. The summed E-state index contributed by atoms with van der Waals surface area (Å²) >= 11 is 1.38. The van der Waals surface area contributed by atoms with Gasteiger partial charge in [0.2, 0.25) is 12.3 Å². The Morgan fingerprint density at radius 3 is 2.47 bits per heavy atom. The van der Waals surface area contributed by atoms with Crippen molar-refractivity contribution in [3.63, 3.8) is 0 Å². The Balaban J connectivity index is 2.02. The van der Waals surface area contributed by atoms with Crippen LogP contribution in [0.3, 0.4) is 0 Å². The molecule has 0 saturated carbocycles. The number of carbonyl (C=O) groups is 3. The smallest absolute Gasteiger partial charge is 0.303 e. The lowest BCUT2D eigenvalue weighted by atomic mass is 10.1. The molecule has 0 radical (unpaired) electrons. The lowest BCUT2D eigenvalue weighted by molar-refractivity contribution is -0.148. The predicted molar refractivity (Wildman–Crippen MR) is 115 cm³/mol. The molecule has 0 heterocycles. The van der Waals surface area contributed by atoms with Crippen molar-refractivity contribution in [1.82, 2.24) is 5.32 Å². The standard InChI is InChI=1S/C22H25NO6S/c1-15(25)29-20(17-5-4-6-19(12-17)27-2)13-28-18-9-7-16(8-10-18)11-21(30-3)22(26)23-14-24/h4-10,12,14,20-21H,11,13H2,1-3H3,(H,23,24,26). The van der Waals surface area contributed by atoms with Crippen LogP contribution in [0.4, 0.5) is 0 Å². The van der Waals surface area contributed by atoms with E-state index in [2.05, 4.69) is 5.32 Å². The minimum Gasteiger partial charge on any atom is -0.497 e. The van der Waals surface area contributed by atoms with Crippen LogP contribution in [0.15, 0.2) is 48.5 Å². The van der Waals surface area contributed by atoms with Gasteiger partial charge in [-0.3, -0.25) is 19.7 Å². The molecule has 0 aliphatic carbocycles. The molecule has 1 N–H and O–H groups in total. The van der Waals surface area contributed by atoms with E-state index >= 15 is 0 Å². The molecular weight excluding hydrogens is 406 g/mol. The number of rotatable bonds is 11. The largest absolute Gasteiger partial charge is 0.497 e. The lowest BCUT2D eigenvalue weighted by Gasteiger charge is -2.19. The molecule has 7 nitrogen and oxygen atoms in total. The summed E-state index contributed by atoms with van der Waals surface area (Å²) in [5, 5.41) is 1.83. The van der Waals surface area contributed by atoms with Crippen LogP contribution >= 0.6 is 11.8 Å². The van der Waals surface area contributed by atoms with Gasteiger partial charge in [0.15, 0.2) is 6.10 Å². The zero-order valence-electron chi connectivity index (χ0n) is 17.1. The van der Waals surface area contributed by atoms with Gasteiger partial charge in [0.05, 0.1) is 12.4 Å². The fraction of sp³-hybridized carbons (Fsp3) is 0.318. The monoisotopic (exact) mass is 431 g/mol. The summed E-state index contributed by atoms with van der Waals surface area (Å²) in [5.74, 6) is 0.548. The van der Waals surface area contributed by atoms with Crippen molar-refractivity contribution in [2.24, 2.45) is 0 Å². The molecule has 0 aliphatic rings. The number of esters is 1. The highest BCUT2D eigenvalue weighted by Crippen LogP contribution is 2.24. The Hall–Kier alpha value is -3.00. The molecule has 0 bridgehead atoms. The van der Waals surface area contributed by atoms with E-state index in [1.807, 2.05) is 36.6 Å². The molecule has 0 spiro atoms. The number of hydrogen-bond acceptors (Lipinski definition) is 7. The Bertz CT molecular complexity index is 855. The Labute approximate surface area is 180 Å². The van der Waals surface area contributed by atoms with Gasteiger partial charge in [-0.1, -0.05) is 24.3 Å². The third-order valence-electron chi connectivity index (χ3n) is 4.30. The summed E-state index contributed by atoms with van der Waals surface area (Å²) in [7, 11) is 1.57. The summed E-state index contributed by atoms with van der Waals surface area (Å²) in [6, 6.07) is 14.6. The van der Waals surface area contributed by atoms with Crippen molar-refractivity contribution in [3.8, 4) is 11.5 Å². The van der Waals surface area contributed by atoms with E-state index in [1.165, 1.54) is 18.7 Å². The van der Waals surface area contributed by atoms with Gasteiger partial charge in [0.25, 0.3) is 0 Å². The molecule has 2 amide bonds. The number of thioether (sulfide) groups is 1. The normalized spacial score (nSPS) is 12.4. The molecular formula is C22H25NO6S. The van der Waals surface area contributed by atoms with E-state index in [0.717, 1.165) is 11.1 Å². The molecule has 0 saturated heterocycles. The van der Waals surface area contributed by atoms with Gasteiger partial charge in [0.1, 0.15) is 18.1 Å². The first-order chi connectivity index (χ1) is 14.5. The molecule has 0 aliphatic heterocycles. The van der Waals surface area contributed by atoms with Crippen molar-refractivity contribution >= 4 is 30.0 Å². The van der Waals surface area contributed by atoms with E-state index in [-0.39, 0.29) is 17.8 Å². The first kappa shape index (κ1) is 23.3. The van der Waals surface area contributed by atoms with Crippen molar-refractivity contribution in [2.75, 3.05) is 20.0 Å². The third-order valence-corrected chi connectivity index (χ3v) is 5.25. The summed E-state index contributed by atoms with van der Waals surface area (Å²) in [5.41, 5.74) is 1.71. The van der Waals surface area contributed by atoms with Gasteiger partial charge >= 0.3 is 5.97 Å². The number of benzene rings is 2. The van der Waals surface area contributed by atoms with Crippen LogP contribution in [0, 0.1) is 0 Å². The van der Waals surface area contributed by atoms with Crippen LogP contribution in [0.2, 0.25) is 0 Å². The summed E-state index contributed by atoms with van der Waals surface area (Å²) in [6.07, 6.45) is 2.12. The van der Waals surface area contributed by atoms with E-state index < -0.39 is 12.1 Å². The molecule has 8 heteroatoms. The number of nitrogens with one attached hydrogen (secondary N) is 1. The second kappa shape index (κ2) is 11.9. The van der Waals surface area contributed by atoms with E-state index in [1.54, 1.807) is 25.3 Å². The second-order valence-corrected chi connectivity index (χ2v) is 7.42.